The van der Waals surface area contributed by atoms with Crippen molar-refractivity contribution in [3.05, 3.63) is 58.6 Å². The Morgan fingerprint density at radius 1 is 1.27 bits per heavy atom. The summed E-state index contributed by atoms with van der Waals surface area (Å²) < 4.78 is 5.25. The first kappa shape index (κ1) is 16.7. The SMILES string of the molecule is COc1cc(Cl)c(C)cc1NC(=O)CSCc1ccccc1. The standard InChI is InChI=1S/C17H18ClNO2S/c1-12-8-15(16(21-2)9-14(12)18)19-17(20)11-22-10-13-6-4-3-5-7-13/h3-9H,10-11H2,1-2H3,(H,19,20). The number of hydrogen-bond acceptors (Lipinski definition) is 3. The lowest BCUT2D eigenvalue weighted by Crippen LogP contribution is -2.15. The number of ether oxygens (including phenoxy) is 1. The van der Waals surface area contributed by atoms with Crippen LogP contribution in [0.5, 0.6) is 5.75 Å². The highest BCUT2D eigenvalue weighted by atomic mass is 35.5. The minimum Gasteiger partial charge on any atom is -0.495 e. The second kappa shape index (κ2) is 8.11. The molecule has 2 aromatic rings. The van der Waals surface area contributed by atoms with Crippen LogP contribution >= 0.6 is 23.4 Å². The lowest BCUT2D eigenvalue weighted by Gasteiger charge is -2.12. The van der Waals surface area contributed by atoms with E-state index in [1.807, 2.05) is 31.2 Å². The van der Waals surface area contributed by atoms with Crippen LogP contribution in [-0.2, 0) is 10.5 Å². The molecule has 0 radical (unpaired) electrons. The van der Waals surface area contributed by atoms with Crippen LogP contribution in [0.4, 0.5) is 5.69 Å². The van der Waals surface area contributed by atoms with Crippen molar-refractivity contribution in [3.63, 3.8) is 0 Å². The number of rotatable bonds is 6. The van der Waals surface area contributed by atoms with E-state index < -0.39 is 0 Å². The Morgan fingerprint density at radius 3 is 2.68 bits per heavy atom. The van der Waals surface area contributed by atoms with Crippen molar-refractivity contribution in [1.29, 1.82) is 0 Å². The van der Waals surface area contributed by atoms with Crippen LogP contribution in [0.25, 0.3) is 0 Å². The Labute approximate surface area is 140 Å². The van der Waals surface area contributed by atoms with Gasteiger partial charge >= 0.3 is 0 Å². The number of halogens is 1. The van der Waals surface area contributed by atoms with Crippen LogP contribution in [0.2, 0.25) is 5.02 Å². The van der Waals surface area contributed by atoms with Gasteiger partial charge in [-0.25, -0.2) is 0 Å². The van der Waals surface area contributed by atoms with Crippen LogP contribution < -0.4 is 10.1 Å². The molecular formula is C17H18ClNO2S. The number of aryl methyl sites for hydroxylation is 1. The molecule has 0 saturated carbocycles. The summed E-state index contributed by atoms with van der Waals surface area (Å²) in [6.45, 7) is 1.89. The average molecular weight is 336 g/mol. The number of amides is 1. The number of carbonyl (C=O) groups is 1. The number of anilines is 1. The van der Waals surface area contributed by atoms with Crippen molar-refractivity contribution >= 4 is 35.0 Å². The van der Waals surface area contributed by atoms with Crippen molar-refractivity contribution < 1.29 is 9.53 Å². The second-order valence-electron chi connectivity index (χ2n) is 4.83. The van der Waals surface area contributed by atoms with Gasteiger partial charge < -0.3 is 10.1 Å². The van der Waals surface area contributed by atoms with Crippen LogP contribution in [-0.4, -0.2) is 18.8 Å². The van der Waals surface area contributed by atoms with E-state index in [0.29, 0.717) is 22.2 Å². The lowest BCUT2D eigenvalue weighted by atomic mass is 10.2. The van der Waals surface area contributed by atoms with Crippen LogP contribution in [0, 0.1) is 6.92 Å². The van der Waals surface area contributed by atoms with Crippen molar-refractivity contribution in [2.45, 2.75) is 12.7 Å². The Bertz CT molecular complexity index is 647. The molecule has 116 valence electrons. The molecule has 0 heterocycles. The van der Waals surface area contributed by atoms with Gasteiger partial charge in [-0.15, -0.1) is 11.8 Å². The van der Waals surface area contributed by atoms with Crippen molar-refractivity contribution in [2.24, 2.45) is 0 Å². The van der Waals surface area contributed by atoms with Gasteiger partial charge in [-0.2, -0.15) is 0 Å². The van der Waals surface area contributed by atoms with E-state index in [0.717, 1.165) is 11.3 Å². The highest BCUT2D eigenvalue weighted by molar-refractivity contribution is 7.99. The maximum atomic E-state index is 12.0. The quantitative estimate of drug-likeness (QED) is 0.843. The summed E-state index contributed by atoms with van der Waals surface area (Å²) in [5, 5.41) is 3.49. The highest BCUT2D eigenvalue weighted by Crippen LogP contribution is 2.31. The van der Waals surface area contributed by atoms with Gasteiger partial charge in [0, 0.05) is 16.8 Å². The molecule has 0 aromatic heterocycles. The van der Waals surface area contributed by atoms with Gasteiger partial charge in [-0.1, -0.05) is 41.9 Å². The first-order valence-electron chi connectivity index (χ1n) is 6.86. The number of carbonyl (C=O) groups excluding carboxylic acids is 1. The first-order valence-corrected chi connectivity index (χ1v) is 8.39. The van der Waals surface area contributed by atoms with Crippen molar-refractivity contribution in [2.75, 3.05) is 18.2 Å². The Morgan fingerprint density at radius 2 is 2.00 bits per heavy atom. The fourth-order valence-corrected chi connectivity index (χ4v) is 2.89. The molecule has 2 rings (SSSR count). The van der Waals surface area contributed by atoms with E-state index in [1.54, 1.807) is 24.9 Å². The molecule has 0 atom stereocenters. The van der Waals surface area contributed by atoms with E-state index in [4.69, 9.17) is 16.3 Å². The molecule has 0 unspecified atom stereocenters. The minimum absolute atomic E-state index is 0.0547. The smallest absolute Gasteiger partial charge is 0.234 e. The van der Waals surface area contributed by atoms with E-state index in [2.05, 4.69) is 17.4 Å². The summed E-state index contributed by atoms with van der Waals surface area (Å²) >= 11 is 7.63. The zero-order chi connectivity index (χ0) is 15.9. The summed E-state index contributed by atoms with van der Waals surface area (Å²) in [7, 11) is 1.56. The summed E-state index contributed by atoms with van der Waals surface area (Å²) in [6, 6.07) is 13.6. The Hall–Kier alpha value is -1.65. The molecule has 0 spiro atoms. The molecule has 3 nitrogen and oxygen atoms in total. The maximum Gasteiger partial charge on any atom is 0.234 e. The van der Waals surface area contributed by atoms with Gasteiger partial charge in [0.1, 0.15) is 5.75 Å². The number of methoxy groups -OCH3 is 1. The maximum absolute atomic E-state index is 12.0. The summed E-state index contributed by atoms with van der Waals surface area (Å²) in [4.78, 5) is 12.0. The average Bonchev–Trinajstić information content (AvgIpc) is 2.51. The van der Waals surface area contributed by atoms with Crippen LogP contribution in [0.1, 0.15) is 11.1 Å². The van der Waals surface area contributed by atoms with E-state index in [9.17, 15) is 4.79 Å². The van der Waals surface area contributed by atoms with Gasteiger partial charge in [0.05, 0.1) is 18.6 Å². The molecule has 22 heavy (non-hydrogen) atoms. The largest absolute Gasteiger partial charge is 0.495 e. The molecule has 1 amide bonds. The fourth-order valence-electron chi connectivity index (χ4n) is 1.95. The van der Waals surface area contributed by atoms with Gasteiger partial charge in [-0.05, 0) is 24.1 Å². The third kappa shape index (κ3) is 4.68. The van der Waals surface area contributed by atoms with Crippen LogP contribution in [0.15, 0.2) is 42.5 Å². The zero-order valence-electron chi connectivity index (χ0n) is 12.6. The number of benzene rings is 2. The normalized spacial score (nSPS) is 10.3. The monoisotopic (exact) mass is 335 g/mol. The predicted octanol–water partition coefficient (Wildman–Crippen LogP) is 4.53. The zero-order valence-corrected chi connectivity index (χ0v) is 14.1. The lowest BCUT2D eigenvalue weighted by molar-refractivity contribution is -0.113. The van der Waals surface area contributed by atoms with Gasteiger partial charge in [0.25, 0.3) is 0 Å². The molecule has 1 N–H and O–H groups in total. The fraction of sp³-hybridized carbons (Fsp3) is 0.235. The molecule has 0 fully saturated rings. The van der Waals surface area contributed by atoms with Gasteiger partial charge in [0.15, 0.2) is 0 Å². The molecule has 0 saturated heterocycles. The predicted molar refractivity (Wildman–Crippen MR) is 94.0 cm³/mol. The van der Waals surface area contributed by atoms with Crippen molar-refractivity contribution in [1.82, 2.24) is 0 Å². The highest BCUT2D eigenvalue weighted by Gasteiger charge is 2.10. The van der Waals surface area contributed by atoms with Crippen molar-refractivity contribution in [3.8, 4) is 5.75 Å². The molecule has 0 aliphatic rings. The van der Waals surface area contributed by atoms with E-state index in [-0.39, 0.29) is 5.91 Å². The molecule has 5 heteroatoms. The van der Waals surface area contributed by atoms with Gasteiger partial charge in [0.2, 0.25) is 5.91 Å². The molecule has 0 aliphatic carbocycles. The Kier molecular flexibility index (Phi) is 6.16. The van der Waals surface area contributed by atoms with Gasteiger partial charge in [-0.3, -0.25) is 4.79 Å². The summed E-state index contributed by atoms with van der Waals surface area (Å²) in [5.74, 6) is 1.71. The van der Waals surface area contributed by atoms with E-state index >= 15 is 0 Å². The first-order chi connectivity index (χ1) is 10.6. The molecular weight excluding hydrogens is 318 g/mol. The molecule has 0 bridgehead atoms. The second-order valence-corrected chi connectivity index (χ2v) is 6.22. The molecule has 2 aromatic carbocycles. The van der Waals surface area contributed by atoms with Crippen LogP contribution in [0.3, 0.4) is 0 Å². The summed E-state index contributed by atoms with van der Waals surface area (Å²) in [6.07, 6.45) is 0. The third-order valence-electron chi connectivity index (χ3n) is 3.10. The van der Waals surface area contributed by atoms with E-state index in [1.165, 1.54) is 5.56 Å². The number of nitrogens with one attached hydrogen (secondary N) is 1. The minimum atomic E-state index is -0.0547. The number of hydrogen-bond donors (Lipinski definition) is 1. The molecule has 0 aliphatic heterocycles. The number of thioether (sulfide) groups is 1. The Balaban J connectivity index is 1.90. The topological polar surface area (TPSA) is 38.3 Å². The third-order valence-corrected chi connectivity index (χ3v) is 4.51. The summed E-state index contributed by atoms with van der Waals surface area (Å²) in [5.41, 5.74) is 2.75.